The van der Waals surface area contributed by atoms with Gasteiger partial charge in [-0.25, -0.2) is 4.98 Å². The lowest BCUT2D eigenvalue weighted by atomic mass is 10.1. The molecule has 0 spiro atoms. The number of nitrogens with two attached hydrogens (primary N) is 1. The Morgan fingerprint density at radius 1 is 0.578 bits per heavy atom. The van der Waals surface area contributed by atoms with Gasteiger partial charge in [-0.05, 0) is 26.3 Å². The number of anilines is 1. The Balaban J connectivity index is 1.56. The minimum absolute atomic E-state index is 0.0124. The average Bonchev–Trinajstić information content (AvgIpc) is 3.97. The molecule has 458 valence electrons. The number of thiol groups is 7. The Kier molecular flexibility index (Phi) is 30.4. The van der Waals surface area contributed by atoms with Crippen LogP contribution in [0.25, 0.3) is 11.2 Å². The fourth-order valence-corrected chi connectivity index (χ4v) is 8.69. The molecule has 3 aromatic rings. The molecule has 0 aliphatic rings. The van der Waals surface area contributed by atoms with Crippen LogP contribution in [0.3, 0.4) is 0 Å². The number of carbonyl (C=O) groups excluding carboxylic acids is 11. The van der Waals surface area contributed by atoms with Gasteiger partial charge in [0, 0.05) is 40.3 Å². The van der Waals surface area contributed by atoms with Crippen molar-refractivity contribution in [2.75, 3.05) is 58.7 Å². The van der Waals surface area contributed by atoms with E-state index in [0.717, 1.165) is 17.8 Å². The second-order valence-electron chi connectivity index (χ2n) is 18.0. The summed E-state index contributed by atoms with van der Waals surface area (Å²) in [4.78, 5) is 168. The van der Waals surface area contributed by atoms with Crippen molar-refractivity contribution < 1.29 is 63.0 Å². The van der Waals surface area contributed by atoms with Crippen molar-refractivity contribution in [1.82, 2.24) is 72.7 Å². The topological polar surface area (TPSA) is 450 Å². The third kappa shape index (κ3) is 21.3. The molecule has 0 aliphatic carbocycles. The zero-order valence-electron chi connectivity index (χ0n) is 44.6. The summed E-state index contributed by atoms with van der Waals surface area (Å²) in [5.74, 6) is -11.8. The van der Waals surface area contributed by atoms with Crippen LogP contribution in [0.15, 0.2) is 41.5 Å². The molecule has 10 amide bonds. The van der Waals surface area contributed by atoms with E-state index in [2.05, 4.69) is 162 Å². The van der Waals surface area contributed by atoms with Gasteiger partial charge in [-0.2, -0.15) is 93.4 Å². The summed E-state index contributed by atoms with van der Waals surface area (Å²) in [7, 11) is 0. The van der Waals surface area contributed by atoms with Gasteiger partial charge in [0.1, 0.15) is 60.7 Å². The van der Waals surface area contributed by atoms with Crippen molar-refractivity contribution in [3.8, 4) is 0 Å². The van der Waals surface area contributed by atoms with Crippen molar-refractivity contribution in [3.05, 3.63) is 52.6 Å². The van der Waals surface area contributed by atoms with E-state index < -0.39 is 150 Å². The number of aliphatic hydroxyl groups is 2. The maximum Gasteiger partial charge on any atom is 0.280 e. The maximum absolute atomic E-state index is 13.7. The van der Waals surface area contributed by atoms with Crippen molar-refractivity contribution >= 4 is 170 Å². The van der Waals surface area contributed by atoms with E-state index in [0.29, 0.717) is 5.56 Å². The Hall–Kier alpha value is -5.93. The van der Waals surface area contributed by atoms with Gasteiger partial charge in [-0.1, -0.05) is 30.3 Å². The number of hydrogen-bond donors (Lipinski definition) is 22. The number of benzene rings is 1. The summed E-state index contributed by atoms with van der Waals surface area (Å²) in [6.07, 6.45) is -0.572. The molecule has 0 fully saturated rings. The van der Waals surface area contributed by atoms with Gasteiger partial charge in [-0.3, -0.25) is 67.1 Å². The number of amides is 10. The van der Waals surface area contributed by atoms with Crippen LogP contribution in [0.4, 0.5) is 5.95 Å². The zero-order chi connectivity index (χ0) is 62.2. The van der Waals surface area contributed by atoms with E-state index in [1.165, 1.54) is 13.8 Å². The number of H-pyrrole nitrogens is 1. The number of aromatic amines is 1. The Labute approximate surface area is 513 Å². The summed E-state index contributed by atoms with van der Waals surface area (Å²) in [6.45, 7) is 2.56. The van der Waals surface area contributed by atoms with Gasteiger partial charge in [-0.15, -0.1) is 0 Å². The lowest BCUT2D eigenvalue weighted by molar-refractivity contribution is -0.135. The smallest absolute Gasteiger partial charge is 0.280 e. The van der Waals surface area contributed by atoms with Gasteiger partial charge in [0.15, 0.2) is 11.2 Å². The normalized spacial score (nSPS) is 15.5. The summed E-state index contributed by atoms with van der Waals surface area (Å²) in [5.41, 5.74) is 5.17. The number of nitrogens with zero attached hydrogens (tertiary/aromatic N) is 3. The first kappa shape index (κ1) is 71.3. The molecule has 16 N–H and O–H groups in total. The summed E-state index contributed by atoms with van der Waals surface area (Å²) in [5, 5.41) is 47.0. The fourth-order valence-electron chi connectivity index (χ4n) is 6.99. The highest BCUT2D eigenvalue weighted by molar-refractivity contribution is 7.81. The number of rotatable bonds is 33. The second-order valence-corrected chi connectivity index (χ2v) is 20.6. The van der Waals surface area contributed by atoms with E-state index in [9.17, 15) is 67.7 Å². The molecule has 1 aromatic carbocycles. The Morgan fingerprint density at radius 2 is 1.01 bits per heavy atom. The number of hydrogen-bond acceptors (Lipinski definition) is 25. The minimum atomic E-state index is -1.74. The van der Waals surface area contributed by atoms with Crippen molar-refractivity contribution in [2.24, 2.45) is 5.73 Å². The van der Waals surface area contributed by atoms with E-state index in [1.807, 2.05) is 0 Å². The highest BCUT2D eigenvalue weighted by Gasteiger charge is 2.34. The molecular weight excluding hydrogens is 1230 g/mol. The standard InChI is InChI=1S/C46H68N16O14S7/c1-19(50-37(68)23(47)11-77)35(66)53-27(14-80)40(71)55-26(13-79)38(69)51-20(2)36(67)54-28(15-81)41(72)56-29(16-82)42(73)59-32(21(3)64)43(74)48-9-31(65)52-25(12-78)39(70)57-30(17-83)45(76)62-18-49-33-34(62)60-46(61-44(33)75)58-24(10-63)22-7-5-4-6-8-22/h4-8,18-21,23-30,32,63-64,77-83H,9-17,47H2,1-3H3,(H,48,74)(H,50,68)(H,51,69)(H,52,65)(H,53,66)(H,54,67)(H,55,71)(H,56,72)(H,57,70)(H,59,73)(H2,58,60,61,75)/t19-,20-,21+,23-,24+,25-,26-,27-,28-,29-,30-,32-/m0/s1. The van der Waals surface area contributed by atoms with Crippen LogP contribution >= 0.6 is 88.4 Å². The van der Waals surface area contributed by atoms with E-state index >= 15 is 0 Å². The second kappa shape index (κ2) is 35.4. The number of carbonyl (C=O) groups is 11. The molecule has 3 rings (SSSR count). The number of aromatic nitrogens is 4. The molecular formula is C46H68N16O14S7. The molecule has 0 unspecified atom stereocenters. The van der Waals surface area contributed by atoms with E-state index in [-0.39, 0.29) is 64.0 Å². The first-order valence-corrected chi connectivity index (χ1v) is 29.4. The van der Waals surface area contributed by atoms with Crippen molar-refractivity contribution in [1.29, 1.82) is 0 Å². The molecule has 2 aromatic heterocycles. The predicted octanol–water partition coefficient (Wildman–Crippen LogP) is -6.36. The third-order valence-electron chi connectivity index (χ3n) is 11.8. The zero-order valence-corrected chi connectivity index (χ0v) is 50.9. The van der Waals surface area contributed by atoms with Crippen LogP contribution in [-0.4, -0.2) is 215 Å². The van der Waals surface area contributed by atoms with Crippen LogP contribution < -0.4 is 69.8 Å². The molecule has 83 heavy (non-hydrogen) atoms. The van der Waals surface area contributed by atoms with Crippen LogP contribution in [-0.2, 0) is 47.9 Å². The monoisotopic (exact) mass is 1290 g/mol. The highest BCUT2D eigenvalue weighted by atomic mass is 32.1. The number of aliphatic hydroxyl groups excluding tert-OH is 2. The number of nitrogens with one attached hydrogen (secondary N) is 12. The van der Waals surface area contributed by atoms with E-state index in [4.69, 9.17) is 5.73 Å². The first-order valence-electron chi connectivity index (χ1n) is 25.0. The molecule has 0 saturated heterocycles. The SMILES string of the molecule is C[C@H](NC(=O)[C@H](CS)NC(=O)[C@H](CS)NC(=O)[C@H](C)NC(=O)[C@@H](N)CS)C(=O)N[C@@H](CS)C(=O)N[C@@H](CS)C(=O)N[C@H](C(=O)NCC(=O)N[C@@H](CS)C(=O)N[C@@H](CS)C(=O)n1cnc2c(=O)[nH]c(N[C@H](CO)c3ccccc3)nc21)[C@@H](C)O. The summed E-state index contributed by atoms with van der Waals surface area (Å²) in [6, 6.07) is -5.47. The van der Waals surface area contributed by atoms with Crippen molar-refractivity contribution in [2.45, 2.75) is 93.3 Å². The lowest BCUT2D eigenvalue weighted by Gasteiger charge is -2.26. The lowest BCUT2D eigenvalue weighted by Crippen LogP contribution is -2.61. The third-order valence-corrected chi connectivity index (χ3v) is 14.3. The molecule has 0 aliphatic heterocycles. The van der Waals surface area contributed by atoms with Crippen LogP contribution in [0.2, 0.25) is 0 Å². The number of imidazole rings is 1. The quantitative estimate of drug-likeness (QED) is 0.0252. The molecule has 30 nitrogen and oxygen atoms in total. The first-order chi connectivity index (χ1) is 39.3. The van der Waals surface area contributed by atoms with Gasteiger partial charge in [0.25, 0.3) is 11.5 Å². The van der Waals surface area contributed by atoms with Crippen LogP contribution in [0, 0.1) is 0 Å². The molecule has 12 atom stereocenters. The highest BCUT2D eigenvalue weighted by Crippen LogP contribution is 2.18. The molecule has 0 saturated carbocycles. The van der Waals surface area contributed by atoms with Gasteiger partial charge >= 0.3 is 0 Å². The van der Waals surface area contributed by atoms with Gasteiger partial charge < -0.3 is 74.4 Å². The fraction of sp³-hybridized carbons (Fsp3) is 0.522. The Morgan fingerprint density at radius 3 is 1.47 bits per heavy atom. The van der Waals surface area contributed by atoms with Gasteiger partial charge in [0.05, 0.1) is 31.3 Å². The van der Waals surface area contributed by atoms with E-state index in [1.54, 1.807) is 30.3 Å². The van der Waals surface area contributed by atoms with Gasteiger partial charge in [0.2, 0.25) is 65.0 Å². The average molecular weight is 1290 g/mol. The minimum Gasteiger partial charge on any atom is -0.394 e. The van der Waals surface area contributed by atoms with Crippen molar-refractivity contribution in [3.63, 3.8) is 0 Å². The van der Waals surface area contributed by atoms with Crippen LogP contribution in [0.5, 0.6) is 0 Å². The molecule has 37 heteroatoms. The molecule has 2 heterocycles. The maximum atomic E-state index is 13.7. The predicted molar refractivity (Wildman–Crippen MR) is 327 cm³/mol. The van der Waals surface area contributed by atoms with Crippen LogP contribution in [0.1, 0.15) is 37.2 Å². The summed E-state index contributed by atoms with van der Waals surface area (Å²) >= 11 is 28.7. The largest absolute Gasteiger partial charge is 0.394 e. The molecule has 0 bridgehead atoms. The Bertz CT molecular complexity index is 2840. The number of fused-ring (bicyclic) bond motifs is 1. The molecule has 0 radical (unpaired) electrons. The summed E-state index contributed by atoms with van der Waals surface area (Å²) < 4.78 is 0.924.